The third kappa shape index (κ3) is 3.93. The lowest BCUT2D eigenvalue weighted by atomic mass is 10.2. The molecule has 0 aliphatic rings. The molecule has 0 radical (unpaired) electrons. The van der Waals surface area contributed by atoms with Gasteiger partial charge in [-0.15, -0.1) is 0 Å². The molecule has 0 atom stereocenters. The van der Waals surface area contributed by atoms with Crippen LogP contribution >= 0.6 is 27.5 Å². The van der Waals surface area contributed by atoms with Crippen molar-refractivity contribution in [3.8, 4) is 0 Å². The second-order valence-electron chi connectivity index (χ2n) is 4.97. The molecule has 0 saturated carbocycles. The highest BCUT2D eigenvalue weighted by Crippen LogP contribution is 2.26. The summed E-state index contributed by atoms with van der Waals surface area (Å²) in [5, 5.41) is 6.52. The zero-order valence-corrected chi connectivity index (χ0v) is 14.8. The van der Waals surface area contributed by atoms with Crippen LogP contribution in [0.5, 0.6) is 0 Å². The van der Waals surface area contributed by atoms with Gasteiger partial charge in [0, 0.05) is 16.4 Å². The van der Waals surface area contributed by atoms with Crippen molar-refractivity contribution < 1.29 is 4.79 Å². The number of para-hydroxylation sites is 1. The number of hydrogen-bond acceptors (Lipinski definition) is 3. The molecule has 1 amide bonds. The Morgan fingerprint density at radius 1 is 1.04 bits per heavy atom. The van der Waals surface area contributed by atoms with Crippen molar-refractivity contribution in [2.45, 2.75) is 0 Å². The third-order valence-electron chi connectivity index (χ3n) is 3.26. The summed E-state index contributed by atoms with van der Waals surface area (Å²) >= 11 is 9.54. The quantitative estimate of drug-likeness (QED) is 0.606. The van der Waals surface area contributed by atoms with E-state index in [9.17, 15) is 4.79 Å². The summed E-state index contributed by atoms with van der Waals surface area (Å²) in [6.45, 7) is 0. The second-order valence-corrected chi connectivity index (χ2v) is 6.29. The van der Waals surface area contributed by atoms with Gasteiger partial charge in [0.1, 0.15) is 5.82 Å². The van der Waals surface area contributed by atoms with Crippen LogP contribution in [0.25, 0.3) is 0 Å². The highest BCUT2D eigenvalue weighted by molar-refractivity contribution is 9.10. The number of nitrogens with one attached hydrogen (secondary N) is 2. The van der Waals surface area contributed by atoms with E-state index in [1.165, 1.54) is 0 Å². The smallest absolute Gasteiger partial charge is 0.259 e. The number of aromatic nitrogens is 1. The van der Waals surface area contributed by atoms with Crippen molar-refractivity contribution in [3.63, 3.8) is 0 Å². The zero-order valence-electron chi connectivity index (χ0n) is 12.5. The van der Waals surface area contributed by atoms with Crippen LogP contribution in [0.4, 0.5) is 17.2 Å². The minimum atomic E-state index is -0.254. The zero-order chi connectivity index (χ0) is 16.9. The number of carbonyl (C=O) groups excluding carboxylic acids is 1. The molecule has 24 heavy (non-hydrogen) atoms. The molecule has 120 valence electrons. The molecule has 2 aromatic carbocycles. The van der Waals surface area contributed by atoms with Gasteiger partial charge in [0.05, 0.1) is 16.3 Å². The summed E-state index contributed by atoms with van der Waals surface area (Å²) < 4.78 is 0.890. The van der Waals surface area contributed by atoms with E-state index in [0.29, 0.717) is 27.8 Å². The molecule has 6 heteroatoms. The third-order valence-corrected chi connectivity index (χ3v) is 4.08. The van der Waals surface area contributed by atoms with E-state index in [4.69, 9.17) is 11.6 Å². The van der Waals surface area contributed by atoms with Gasteiger partial charge in [-0.05, 0) is 42.5 Å². The molecule has 0 spiro atoms. The van der Waals surface area contributed by atoms with E-state index in [0.717, 1.165) is 4.47 Å². The van der Waals surface area contributed by atoms with Gasteiger partial charge in [0.25, 0.3) is 5.91 Å². The number of halogens is 2. The Hall–Kier alpha value is -2.37. The summed E-state index contributed by atoms with van der Waals surface area (Å²) in [4.78, 5) is 16.8. The van der Waals surface area contributed by atoms with E-state index in [2.05, 4.69) is 31.5 Å². The summed E-state index contributed by atoms with van der Waals surface area (Å²) in [5.41, 5.74) is 1.81. The van der Waals surface area contributed by atoms with E-state index in [1.807, 2.05) is 42.5 Å². The lowest BCUT2D eigenvalue weighted by molar-refractivity contribution is 0.102. The molecule has 1 aromatic heterocycles. The van der Waals surface area contributed by atoms with Crippen LogP contribution in [-0.2, 0) is 0 Å². The van der Waals surface area contributed by atoms with Crippen LogP contribution in [0.2, 0.25) is 5.02 Å². The summed E-state index contributed by atoms with van der Waals surface area (Å²) in [5.74, 6) is 0.189. The predicted molar refractivity (Wildman–Crippen MR) is 101 cm³/mol. The molecule has 0 fully saturated rings. The topological polar surface area (TPSA) is 54.0 Å². The molecule has 0 unspecified atom stereocenters. The maximum atomic E-state index is 12.6. The van der Waals surface area contributed by atoms with Gasteiger partial charge in [0.2, 0.25) is 0 Å². The number of carbonyl (C=O) groups is 1. The van der Waals surface area contributed by atoms with Crippen molar-refractivity contribution in [2.75, 3.05) is 10.6 Å². The Kier molecular flexibility index (Phi) is 5.13. The molecule has 3 aromatic rings. The summed E-state index contributed by atoms with van der Waals surface area (Å²) in [6, 6.07) is 18.1. The molecule has 0 aliphatic carbocycles. The SMILES string of the molecule is O=C(Nc1cccc(Br)c1)c1cccnc1Nc1ccccc1Cl. The van der Waals surface area contributed by atoms with Crippen molar-refractivity contribution in [1.29, 1.82) is 0 Å². The maximum absolute atomic E-state index is 12.6. The van der Waals surface area contributed by atoms with Crippen molar-refractivity contribution in [1.82, 2.24) is 4.98 Å². The van der Waals surface area contributed by atoms with Gasteiger partial charge >= 0.3 is 0 Å². The largest absolute Gasteiger partial charge is 0.338 e. The minimum Gasteiger partial charge on any atom is -0.338 e. The van der Waals surface area contributed by atoms with Crippen LogP contribution in [0.3, 0.4) is 0 Å². The fourth-order valence-corrected chi connectivity index (χ4v) is 2.73. The van der Waals surface area contributed by atoms with Crippen molar-refractivity contribution in [2.24, 2.45) is 0 Å². The average molecular weight is 403 g/mol. The van der Waals surface area contributed by atoms with Gasteiger partial charge in [-0.3, -0.25) is 4.79 Å². The molecule has 0 saturated heterocycles. The number of pyridine rings is 1. The van der Waals surface area contributed by atoms with E-state index >= 15 is 0 Å². The maximum Gasteiger partial charge on any atom is 0.259 e. The Morgan fingerprint density at radius 2 is 1.88 bits per heavy atom. The molecule has 3 rings (SSSR count). The van der Waals surface area contributed by atoms with Crippen molar-refractivity contribution in [3.05, 3.63) is 81.9 Å². The average Bonchev–Trinajstić information content (AvgIpc) is 2.57. The first-order chi connectivity index (χ1) is 11.6. The first-order valence-corrected chi connectivity index (χ1v) is 8.34. The van der Waals surface area contributed by atoms with E-state index in [1.54, 1.807) is 24.4 Å². The lowest BCUT2D eigenvalue weighted by Gasteiger charge is -2.12. The van der Waals surface area contributed by atoms with Crippen LogP contribution in [-0.4, -0.2) is 10.9 Å². The fourth-order valence-electron chi connectivity index (χ4n) is 2.14. The summed E-state index contributed by atoms with van der Waals surface area (Å²) in [7, 11) is 0. The molecule has 1 heterocycles. The Morgan fingerprint density at radius 3 is 2.67 bits per heavy atom. The molecular formula is C18H13BrClN3O. The first-order valence-electron chi connectivity index (χ1n) is 7.17. The number of hydrogen-bond donors (Lipinski definition) is 2. The highest BCUT2D eigenvalue weighted by atomic mass is 79.9. The standard InChI is InChI=1S/C18H13BrClN3O/c19-12-5-3-6-13(11-12)22-18(24)14-7-4-10-21-17(14)23-16-9-2-1-8-15(16)20/h1-11H,(H,21,23)(H,22,24). The fraction of sp³-hybridized carbons (Fsp3) is 0. The number of rotatable bonds is 4. The van der Waals surface area contributed by atoms with Crippen molar-refractivity contribution >= 4 is 50.6 Å². The Balaban J connectivity index is 1.86. The first kappa shape index (κ1) is 16.5. The predicted octanol–water partition coefficient (Wildman–Crippen LogP) is 5.49. The van der Waals surface area contributed by atoms with E-state index in [-0.39, 0.29) is 5.91 Å². The number of anilines is 3. The normalized spacial score (nSPS) is 10.2. The van der Waals surface area contributed by atoms with Crippen LogP contribution in [0.1, 0.15) is 10.4 Å². The van der Waals surface area contributed by atoms with Crippen LogP contribution in [0, 0.1) is 0 Å². The van der Waals surface area contributed by atoms with Gasteiger partial charge in [-0.25, -0.2) is 4.98 Å². The molecular weight excluding hydrogens is 390 g/mol. The minimum absolute atomic E-state index is 0.254. The van der Waals surface area contributed by atoms with E-state index < -0.39 is 0 Å². The second kappa shape index (κ2) is 7.47. The highest BCUT2D eigenvalue weighted by Gasteiger charge is 2.13. The Labute approximate surface area is 153 Å². The van der Waals surface area contributed by atoms with Gasteiger partial charge in [0.15, 0.2) is 0 Å². The van der Waals surface area contributed by atoms with Gasteiger partial charge in [-0.1, -0.05) is 45.7 Å². The lowest BCUT2D eigenvalue weighted by Crippen LogP contribution is -2.14. The number of nitrogens with zero attached hydrogens (tertiary/aromatic N) is 1. The number of benzene rings is 2. The number of amides is 1. The van der Waals surface area contributed by atoms with Gasteiger partial charge < -0.3 is 10.6 Å². The Bertz CT molecular complexity index is 885. The molecule has 4 nitrogen and oxygen atoms in total. The van der Waals surface area contributed by atoms with Crippen LogP contribution < -0.4 is 10.6 Å². The monoisotopic (exact) mass is 401 g/mol. The molecule has 0 aliphatic heterocycles. The van der Waals surface area contributed by atoms with Gasteiger partial charge in [-0.2, -0.15) is 0 Å². The molecule has 0 bridgehead atoms. The molecule has 2 N–H and O–H groups in total. The van der Waals surface area contributed by atoms with Crippen LogP contribution in [0.15, 0.2) is 71.3 Å². The summed E-state index contributed by atoms with van der Waals surface area (Å²) in [6.07, 6.45) is 1.62.